The van der Waals surface area contributed by atoms with Crippen LogP contribution in [0.15, 0.2) is 36.4 Å². The lowest BCUT2D eigenvalue weighted by molar-refractivity contribution is -0.143. The van der Waals surface area contributed by atoms with Gasteiger partial charge in [0, 0.05) is 57.0 Å². The first-order valence-electron chi connectivity index (χ1n) is 15.0. The molecule has 1 aliphatic carbocycles. The van der Waals surface area contributed by atoms with E-state index in [9.17, 15) is 40.3 Å². The molecule has 248 valence electrons. The summed E-state index contributed by atoms with van der Waals surface area (Å²) in [7, 11) is 0. The smallest absolute Gasteiger partial charge is 0.343 e. The number of carbonyl (C=O) groups is 2. The number of halogens is 8. The lowest BCUT2D eigenvalue weighted by atomic mass is 9.77. The molecule has 3 aliphatic rings. The zero-order chi connectivity index (χ0) is 32.0. The predicted octanol–water partition coefficient (Wildman–Crippen LogP) is 7.20. The number of piperidine rings is 2. The highest BCUT2D eigenvalue weighted by Gasteiger charge is 2.44. The Morgan fingerprint density at radius 3 is 1.98 bits per heavy atom. The lowest BCUT2D eigenvalue weighted by Crippen LogP contribution is -2.53. The largest absolute Gasteiger partial charge is 0.416 e. The van der Waals surface area contributed by atoms with Gasteiger partial charge in [0.15, 0.2) is 0 Å². The number of benzene rings is 2. The van der Waals surface area contributed by atoms with Gasteiger partial charge in [0.1, 0.15) is 5.82 Å². The quantitative estimate of drug-likeness (QED) is 0.307. The first kappa shape index (κ1) is 35.0. The summed E-state index contributed by atoms with van der Waals surface area (Å²) in [6.07, 6.45) is -6.74. The van der Waals surface area contributed by atoms with Crippen LogP contribution >= 0.6 is 12.4 Å². The molecule has 2 aromatic carbocycles. The number of hydrogen-bond acceptors (Lipinski definition) is 3. The van der Waals surface area contributed by atoms with Crippen molar-refractivity contribution in [2.45, 2.75) is 82.9 Å². The fourth-order valence-corrected chi connectivity index (χ4v) is 6.81. The molecule has 0 N–H and O–H groups in total. The number of amides is 2. The Kier molecular flexibility index (Phi) is 10.5. The van der Waals surface area contributed by atoms with Crippen LogP contribution in [-0.4, -0.2) is 64.8 Å². The highest BCUT2D eigenvalue weighted by Crippen LogP contribution is 2.41. The molecular formula is C32H37ClF7N3O2. The van der Waals surface area contributed by atoms with Gasteiger partial charge in [-0.1, -0.05) is 6.07 Å². The summed E-state index contributed by atoms with van der Waals surface area (Å²) in [4.78, 5) is 31.6. The van der Waals surface area contributed by atoms with Crippen LogP contribution in [0, 0.1) is 18.7 Å². The summed E-state index contributed by atoms with van der Waals surface area (Å²) < 4.78 is 95.4. The number of carbonyl (C=O) groups excluding carboxylic acids is 2. The number of nitrogens with zero attached hydrogens (tertiary/aromatic N) is 3. The van der Waals surface area contributed by atoms with Crippen molar-refractivity contribution in [2.75, 3.05) is 26.2 Å². The van der Waals surface area contributed by atoms with Crippen LogP contribution < -0.4 is 0 Å². The SMILES string of the molecule is CC(=O)N1CCC(N2CCC(C(=O)N(Cc3cc(C(F)(F)F)cc(C(F)(F)F)c3)C3CC3)C(c3ccc(F)cc3C)C2)CC1.Cl. The molecule has 5 rings (SSSR count). The Bertz CT molecular complexity index is 1360. The Hall–Kier alpha value is -2.86. The molecule has 45 heavy (non-hydrogen) atoms. The van der Waals surface area contributed by atoms with Crippen LogP contribution in [0.1, 0.15) is 72.8 Å². The molecule has 2 saturated heterocycles. The average molecular weight is 664 g/mol. The van der Waals surface area contributed by atoms with E-state index in [4.69, 9.17) is 0 Å². The third-order valence-electron chi connectivity index (χ3n) is 9.29. The Morgan fingerprint density at radius 1 is 0.867 bits per heavy atom. The van der Waals surface area contributed by atoms with Gasteiger partial charge in [0.25, 0.3) is 0 Å². The zero-order valence-corrected chi connectivity index (χ0v) is 25.9. The van der Waals surface area contributed by atoms with Gasteiger partial charge in [-0.15, -0.1) is 12.4 Å². The van der Waals surface area contributed by atoms with Crippen molar-refractivity contribution >= 4 is 24.2 Å². The van der Waals surface area contributed by atoms with E-state index >= 15 is 0 Å². The molecule has 2 amide bonds. The molecule has 2 atom stereocenters. The molecule has 1 saturated carbocycles. The normalized spacial score (nSPS) is 21.8. The maximum Gasteiger partial charge on any atom is 0.416 e. The minimum absolute atomic E-state index is 0. The van der Waals surface area contributed by atoms with Gasteiger partial charge in [-0.2, -0.15) is 26.3 Å². The van der Waals surface area contributed by atoms with Crippen LogP contribution in [0.5, 0.6) is 0 Å². The van der Waals surface area contributed by atoms with Crippen molar-refractivity contribution in [3.63, 3.8) is 0 Å². The molecule has 0 spiro atoms. The van der Waals surface area contributed by atoms with Gasteiger partial charge in [0.05, 0.1) is 11.1 Å². The Balaban J connectivity index is 0.00000461. The molecule has 0 radical (unpaired) electrons. The average Bonchev–Trinajstić information content (AvgIpc) is 3.80. The van der Waals surface area contributed by atoms with Gasteiger partial charge < -0.3 is 9.80 Å². The topological polar surface area (TPSA) is 43.9 Å². The standard InChI is InChI=1S/C32H36F7N3O2.ClH/c1-19-13-24(33)3-6-27(19)29-18-41(25-7-10-40(11-8-25)20(2)43)12-9-28(29)30(44)42(26-4-5-26)17-21-14-22(31(34,35)36)16-23(15-21)32(37,38)39;/h3,6,13-16,25-26,28-29H,4-5,7-12,17-18H2,1-2H3;1H. The Morgan fingerprint density at radius 2 is 1.47 bits per heavy atom. The van der Waals surface area contributed by atoms with E-state index in [0.29, 0.717) is 63.1 Å². The third-order valence-corrected chi connectivity index (χ3v) is 9.29. The van der Waals surface area contributed by atoms with Gasteiger partial charge in [-0.25, -0.2) is 4.39 Å². The van der Waals surface area contributed by atoms with Crippen LogP contribution in [-0.2, 0) is 28.5 Å². The lowest BCUT2D eigenvalue weighted by Gasteiger charge is -2.45. The van der Waals surface area contributed by atoms with Gasteiger partial charge >= 0.3 is 12.4 Å². The van der Waals surface area contributed by atoms with E-state index in [1.54, 1.807) is 24.8 Å². The van der Waals surface area contributed by atoms with Gasteiger partial charge in [0.2, 0.25) is 11.8 Å². The van der Waals surface area contributed by atoms with E-state index in [1.165, 1.54) is 17.0 Å². The fourth-order valence-electron chi connectivity index (χ4n) is 6.81. The van der Waals surface area contributed by atoms with Crippen LogP contribution in [0.2, 0.25) is 0 Å². The molecule has 3 fully saturated rings. The number of aryl methyl sites for hydroxylation is 1. The number of alkyl halides is 6. The third kappa shape index (κ3) is 8.11. The minimum atomic E-state index is -4.98. The zero-order valence-electron chi connectivity index (χ0n) is 25.1. The molecule has 2 unspecified atom stereocenters. The molecule has 0 aromatic heterocycles. The van der Waals surface area contributed by atoms with Crippen molar-refractivity contribution in [3.8, 4) is 0 Å². The Labute approximate surface area is 264 Å². The number of rotatable bonds is 6. The molecule has 13 heteroatoms. The summed E-state index contributed by atoms with van der Waals surface area (Å²) in [5.74, 6) is -1.63. The van der Waals surface area contributed by atoms with Crippen LogP contribution in [0.4, 0.5) is 30.7 Å². The summed E-state index contributed by atoms with van der Waals surface area (Å²) in [6.45, 7) is 5.28. The summed E-state index contributed by atoms with van der Waals surface area (Å²) in [5.41, 5.74) is -1.57. The second-order valence-corrected chi connectivity index (χ2v) is 12.3. The fraction of sp³-hybridized carbons (Fsp3) is 0.562. The summed E-state index contributed by atoms with van der Waals surface area (Å²) in [6, 6.07) is 5.81. The van der Waals surface area contributed by atoms with Crippen molar-refractivity contribution in [1.29, 1.82) is 0 Å². The number of likely N-dealkylation sites (tertiary alicyclic amines) is 2. The van der Waals surface area contributed by atoms with Crippen molar-refractivity contribution in [3.05, 3.63) is 70.0 Å². The first-order chi connectivity index (χ1) is 20.6. The molecule has 2 aromatic rings. The molecule has 0 bridgehead atoms. The van der Waals surface area contributed by atoms with E-state index in [0.717, 1.165) is 18.4 Å². The van der Waals surface area contributed by atoms with Crippen molar-refractivity contribution < 1.29 is 40.3 Å². The number of hydrogen-bond donors (Lipinski definition) is 0. The molecule has 2 heterocycles. The maximum absolute atomic E-state index is 14.3. The minimum Gasteiger partial charge on any atom is -0.343 e. The van der Waals surface area contributed by atoms with E-state index in [-0.39, 0.29) is 60.4 Å². The highest BCUT2D eigenvalue weighted by molar-refractivity contribution is 5.85. The van der Waals surface area contributed by atoms with Crippen LogP contribution in [0.25, 0.3) is 0 Å². The first-order valence-corrected chi connectivity index (χ1v) is 15.0. The molecule has 2 aliphatic heterocycles. The van der Waals surface area contributed by atoms with E-state index in [2.05, 4.69) is 4.90 Å². The van der Waals surface area contributed by atoms with Crippen LogP contribution in [0.3, 0.4) is 0 Å². The summed E-state index contributed by atoms with van der Waals surface area (Å²) >= 11 is 0. The summed E-state index contributed by atoms with van der Waals surface area (Å²) in [5, 5.41) is 0. The van der Waals surface area contributed by atoms with Gasteiger partial charge in [-0.05, 0) is 92.6 Å². The monoisotopic (exact) mass is 663 g/mol. The molecule has 5 nitrogen and oxygen atoms in total. The van der Waals surface area contributed by atoms with E-state index in [1.807, 2.05) is 0 Å². The van der Waals surface area contributed by atoms with E-state index < -0.39 is 35.2 Å². The van der Waals surface area contributed by atoms with Crippen molar-refractivity contribution in [2.24, 2.45) is 5.92 Å². The maximum atomic E-state index is 14.3. The van der Waals surface area contributed by atoms with Gasteiger partial charge in [-0.3, -0.25) is 14.5 Å². The van der Waals surface area contributed by atoms with Crippen molar-refractivity contribution in [1.82, 2.24) is 14.7 Å². The highest BCUT2D eigenvalue weighted by atomic mass is 35.5. The molecular weight excluding hydrogens is 627 g/mol. The predicted molar refractivity (Wildman–Crippen MR) is 156 cm³/mol. The second-order valence-electron chi connectivity index (χ2n) is 12.3. The second kappa shape index (κ2) is 13.5.